The number of fused-ring (bicyclic) bond motifs is 4. The third-order valence-electron chi connectivity index (χ3n) is 13.6. The first-order valence-electron chi connectivity index (χ1n) is 27.2. The fourth-order valence-electron chi connectivity index (χ4n) is 9.27. The van der Waals surface area contributed by atoms with Crippen LogP contribution in [-0.2, 0) is 31.1 Å². The monoisotopic (exact) mass is 971 g/mol. The van der Waals surface area contributed by atoms with Crippen molar-refractivity contribution in [3.8, 4) is 0 Å². The average Bonchev–Trinajstić information content (AvgIpc) is 3.36. The first-order chi connectivity index (χ1) is 34.8. The Morgan fingerprint density at radius 1 is 0.315 bits per heavy atom. The van der Waals surface area contributed by atoms with Gasteiger partial charge in [0.1, 0.15) is 0 Å². The number of rotatable bonds is 14. The predicted molar refractivity (Wildman–Crippen MR) is 317 cm³/mol. The van der Waals surface area contributed by atoms with Crippen molar-refractivity contribution in [3.05, 3.63) is 204 Å². The van der Waals surface area contributed by atoms with E-state index in [-0.39, 0.29) is 5.41 Å². The minimum absolute atomic E-state index is 0.220. The molecule has 0 saturated heterocycles. The van der Waals surface area contributed by atoms with Gasteiger partial charge in [-0.15, -0.1) is 0 Å². The molecule has 0 spiro atoms. The second kappa shape index (κ2) is 26.6. The van der Waals surface area contributed by atoms with Gasteiger partial charge in [0.05, 0.1) is 16.6 Å². The van der Waals surface area contributed by atoms with Crippen LogP contribution in [0.4, 0.5) is 0 Å². The van der Waals surface area contributed by atoms with Crippen molar-refractivity contribution in [1.29, 1.82) is 0 Å². The molecule has 73 heavy (non-hydrogen) atoms. The molecule has 0 unspecified atom stereocenters. The van der Waals surface area contributed by atoms with Crippen LogP contribution in [0.25, 0.3) is 43.5 Å². The summed E-state index contributed by atoms with van der Waals surface area (Å²) in [5, 5.41) is 6.28. The van der Waals surface area contributed by atoms with E-state index in [9.17, 15) is 0 Å². The van der Waals surface area contributed by atoms with E-state index in [4.69, 9.17) is 15.0 Å². The van der Waals surface area contributed by atoms with E-state index in [0.717, 1.165) is 48.7 Å². The maximum absolute atomic E-state index is 4.77. The smallest absolute Gasteiger partial charge is 0.0705 e. The van der Waals surface area contributed by atoms with E-state index < -0.39 is 0 Å². The SMILES string of the molecule is CC(C)(C)CCCc1ccc2ccccc2n1.CC(C)(C)CCCc1ccc2ccccc2n1.CC(C)(C)CCCc1cncc2ccccc12.CC(C)(CCCc1ccc2ccccc2n1)c1ccccc1. The van der Waals surface area contributed by atoms with Crippen molar-refractivity contribution in [2.75, 3.05) is 0 Å². The van der Waals surface area contributed by atoms with Gasteiger partial charge in [-0.05, 0) is 152 Å². The van der Waals surface area contributed by atoms with Crippen LogP contribution < -0.4 is 0 Å². The zero-order valence-electron chi connectivity index (χ0n) is 46.5. The van der Waals surface area contributed by atoms with Crippen LogP contribution in [0.3, 0.4) is 0 Å². The van der Waals surface area contributed by atoms with E-state index in [0.29, 0.717) is 16.2 Å². The van der Waals surface area contributed by atoms with Crippen LogP contribution in [-0.4, -0.2) is 19.9 Å². The predicted octanol–water partition coefficient (Wildman–Crippen LogP) is 19.3. The third-order valence-corrected chi connectivity index (χ3v) is 13.6. The van der Waals surface area contributed by atoms with Gasteiger partial charge < -0.3 is 0 Å². The number of benzene rings is 5. The Morgan fingerprint density at radius 3 is 1.10 bits per heavy atom. The Kier molecular flexibility index (Phi) is 20.4. The zero-order chi connectivity index (χ0) is 52.3. The molecule has 4 heterocycles. The molecule has 0 aliphatic carbocycles. The van der Waals surface area contributed by atoms with Crippen LogP contribution in [0.2, 0.25) is 0 Å². The molecule has 0 fully saturated rings. The quantitative estimate of drug-likeness (QED) is 0.109. The lowest BCUT2D eigenvalue weighted by Gasteiger charge is -2.25. The van der Waals surface area contributed by atoms with Crippen molar-refractivity contribution in [2.24, 2.45) is 16.2 Å². The molecule has 4 aromatic heterocycles. The van der Waals surface area contributed by atoms with Gasteiger partial charge in [0.2, 0.25) is 0 Å². The Morgan fingerprint density at radius 2 is 0.671 bits per heavy atom. The van der Waals surface area contributed by atoms with Crippen molar-refractivity contribution in [2.45, 2.75) is 159 Å². The molecule has 9 rings (SSSR count). The van der Waals surface area contributed by atoms with Crippen molar-refractivity contribution in [1.82, 2.24) is 19.9 Å². The van der Waals surface area contributed by atoms with Gasteiger partial charge in [0.25, 0.3) is 0 Å². The number of aryl methyl sites for hydroxylation is 4. The second-order valence-corrected chi connectivity index (χ2v) is 24.4. The Balaban J connectivity index is 0.000000160. The summed E-state index contributed by atoms with van der Waals surface area (Å²) in [5.41, 5.74) is 11.3. The molecular weight excluding hydrogens is 885 g/mol. The minimum atomic E-state index is 0.220. The lowest BCUT2D eigenvalue weighted by atomic mass is 9.80. The molecular formula is C69H86N4. The lowest BCUT2D eigenvalue weighted by molar-refractivity contribution is 0.365. The Labute approximate surface area is 440 Å². The first kappa shape index (κ1) is 56.0. The summed E-state index contributed by atoms with van der Waals surface area (Å²) in [6.45, 7) is 25.3. The highest BCUT2D eigenvalue weighted by Gasteiger charge is 2.20. The second-order valence-electron chi connectivity index (χ2n) is 24.4. The number of pyridine rings is 4. The topological polar surface area (TPSA) is 51.6 Å². The molecule has 9 aromatic rings. The van der Waals surface area contributed by atoms with E-state index >= 15 is 0 Å². The van der Waals surface area contributed by atoms with Crippen molar-refractivity contribution in [3.63, 3.8) is 0 Å². The van der Waals surface area contributed by atoms with Gasteiger partial charge >= 0.3 is 0 Å². The Bertz CT molecular complexity index is 2950. The maximum atomic E-state index is 4.77. The van der Waals surface area contributed by atoms with Crippen LogP contribution in [0.1, 0.15) is 156 Å². The van der Waals surface area contributed by atoms with Crippen molar-refractivity contribution < 1.29 is 0 Å². The number of nitrogens with zero attached hydrogens (tertiary/aromatic N) is 4. The summed E-state index contributed by atoms with van der Waals surface area (Å²) in [6, 6.07) is 57.3. The van der Waals surface area contributed by atoms with Crippen LogP contribution in [0, 0.1) is 16.2 Å². The van der Waals surface area contributed by atoms with Gasteiger partial charge in [0.15, 0.2) is 0 Å². The molecule has 0 radical (unpaired) electrons. The molecule has 4 nitrogen and oxygen atoms in total. The average molecular weight is 971 g/mol. The van der Waals surface area contributed by atoms with Gasteiger partial charge in [-0.2, -0.15) is 0 Å². The van der Waals surface area contributed by atoms with Gasteiger partial charge in [-0.1, -0.05) is 204 Å². The highest BCUT2D eigenvalue weighted by atomic mass is 14.7. The molecule has 4 heteroatoms. The molecule has 0 N–H and O–H groups in total. The molecule has 0 aliphatic rings. The first-order valence-corrected chi connectivity index (χ1v) is 27.2. The molecule has 0 bridgehead atoms. The summed E-state index contributed by atoms with van der Waals surface area (Å²) in [5.74, 6) is 0. The molecule has 0 amide bonds. The summed E-state index contributed by atoms with van der Waals surface area (Å²) < 4.78 is 0. The molecule has 0 saturated carbocycles. The largest absolute Gasteiger partial charge is 0.264 e. The van der Waals surface area contributed by atoms with E-state index in [1.54, 1.807) is 0 Å². The molecule has 5 aromatic carbocycles. The highest BCUT2D eigenvalue weighted by Crippen LogP contribution is 2.30. The van der Waals surface area contributed by atoms with Gasteiger partial charge in [-0.3, -0.25) is 19.9 Å². The molecule has 382 valence electrons. The summed E-state index contributed by atoms with van der Waals surface area (Å²) >= 11 is 0. The van der Waals surface area contributed by atoms with E-state index in [2.05, 4.69) is 233 Å². The third kappa shape index (κ3) is 19.6. The minimum Gasteiger partial charge on any atom is -0.264 e. The van der Waals surface area contributed by atoms with Crippen LogP contribution >= 0.6 is 0 Å². The lowest BCUT2D eigenvalue weighted by Crippen LogP contribution is -2.17. The van der Waals surface area contributed by atoms with Crippen LogP contribution in [0.15, 0.2) is 176 Å². The summed E-state index contributed by atoms with van der Waals surface area (Å²) in [6.07, 6.45) is 18.1. The fourth-order valence-corrected chi connectivity index (χ4v) is 9.27. The van der Waals surface area contributed by atoms with Crippen LogP contribution in [0.5, 0.6) is 0 Å². The number of hydrogen-bond acceptors (Lipinski definition) is 4. The Hall–Kier alpha value is -6.26. The standard InChI is InChI=1S/C21H23N.3C16H21N/c1-21(2,18-10-4-3-5-11-18)16-8-12-19-15-14-17-9-6-7-13-20(17)22-19;2*1-16(2,3)12-6-8-14-11-10-13-7-4-5-9-15(13)17-14;1-16(2,3)10-6-8-14-12-17-11-13-7-4-5-9-15(13)14/h3-7,9-11,13-15H,8,12,16H2,1-2H3;2*4-5,7,9-11H,6,8,12H2,1-3H3;4-5,7,9,11-12H,6,8,10H2,1-3H3. The summed E-state index contributed by atoms with van der Waals surface area (Å²) in [7, 11) is 0. The van der Waals surface area contributed by atoms with E-state index in [1.807, 2.05) is 24.5 Å². The maximum Gasteiger partial charge on any atom is 0.0705 e. The van der Waals surface area contributed by atoms with E-state index in [1.165, 1.54) is 100 Å². The van der Waals surface area contributed by atoms with Gasteiger partial charge in [0, 0.05) is 51.0 Å². The van der Waals surface area contributed by atoms with Crippen molar-refractivity contribution >= 4 is 43.5 Å². The number of para-hydroxylation sites is 3. The molecule has 0 aliphatic heterocycles. The number of aromatic nitrogens is 4. The highest BCUT2D eigenvalue weighted by molar-refractivity contribution is 5.84. The zero-order valence-corrected chi connectivity index (χ0v) is 46.5. The normalized spacial score (nSPS) is 11.9. The summed E-state index contributed by atoms with van der Waals surface area (Å²) in [4.78, 5) is 18.5. The number of hydrogen-bond donors (Lipinski definition) is 0. The fraction of sp³-hybridized carbons (Fsp3) is 0.391. The molecule has 0 atom stereocenters. The van der Waals surface area contributed by atoms with Gasteiger partial charge in [-0.25, -0.2) is 0 Å².